The molecule has 0 amide bonds. The van der Waals surface area contributed by atoms with Crippen LogP contribution in [0.2, 0.25) is 0 Å². The second-order valence-electron chi connectivity index (χ2n) is 4.71. The molecule has 0 fully saturated rings. The number of nitrogens with zero attached hydrogens (tertiary/aromatic N) is 2. The van der Waals surface area contributed by atoms with E-state index < -0.39 is 0 Å². The fraction of sp³-hybridized carbons (Fsp3) is 0.429. The lowest BCUT2D eigenvalue weighted by Crippen LogP contribution is -2.35. The summed E-state index contributed by atoms with van der Waals surface area (Å²) in [5, 5.41) is 13.7. The molecule has 2 aromatic heterocycles. The summed E-state index contributed by atoms with van der Waals surface area (Å²) in [7, 11) is 1.98. The molecule has 20 heavy (non-hydrogen) atoms. The van der Waals surface area contributed by atoms with E-state index in [9.17, 15) is 0 Å². The minimum absolute atomic E-state index is 0.706. The Balaban J connectivity index is 1.74. The summed E-state index contributed by atoms with van der Waals surface area (Å²) in [6, 6.07) is 4.15. The molecule has 0 saturated carbocycles. The number of rotatable bonds is 5. The van der Waals surface area contributed by atoms with Crippen LogP contribution in [0.1, 0.15) is 21.8 Å². The minimum Gasteiger partial charge on any atom is -0.362 e. The highest BCUT2D eigenvalue weighted by atomic mass is 32.1. The van der Waals surface area contributed by atoms with E-state index >= 15 is 0 Å². The zero-order valence-corrected chi connectivity index (χ0v) is 13.7. The first-order valence-corrected chi connectivity index (χ1v) is 7.90. The molecule has 0 spiro atoms. The van der Waals surface area contributed by atoms with Gasteiger partial charge in [-0.1, -0.05) is 6.07 Å². The predicted molar refractivity (Wildman–Crippen MR) is 88.1 cm³/mol. The van der Waals surface area contributed by atoms with Gasteiger partial charge < -0.3 is 10.6 Å². The van der Waals surface area contributed by atoms with E-state index in [0.29, 0.717) is 5.11 Å². The van der Waals surface area contributed by atoms with Crippen molar-refractivity contribution in [2.45, 2.75) is 26.8 Å². The quantitative estimate of drug-likeness (QED) is 0.832. The maximum absolute atomic E-state index is 5.27. The molecule has 0 saturated heterocycles. The third kappa shape index (κ3) is 3.80. The summed E-state index contributed by atoms with van der Waals surface area (Å²) in [6.07, 6.45) is 0.937. The minimum atomic E-state index is 0.706. The molecule has 2 rings (SSSR count). The van der Waals surface area contributed by atoms with Gasteiger partial charge in [-0.15, -0.1) is 11.3 Å². The fourth-order valence-electron chi connectivity index (χ4n) is 2.12. The maximum atomic E-state index is 5.27. The van der Waals surface area contributed by atoms with Gasteiger partial charge in [0, 0.05) is 24.2 Å². The predicted octanol–water partition coefficient (Wildman–Crippen LogP) is 2.31. The van der Waals surface area contributed by atoms with Crippen molar-refractivity contribution >= 4 is 28.7 Å². The van der Waals surface area contributed by atoms with Crippen molar-refractivity contribution in [3.05, 3.63) is 39.3 Å². The van der Waals surface area contributed by atoms with Crippen LogP contribution in [-0.4, -0.2) is 21.4 Å². The summed E-state index contributed by atoms with van der Waals surface area (Å²) in [5.41, 5.74) is 3.63. The summed E-state index contributed by atoms with van der Waals surface area (Å²) < 4.78 is 1.93. The first kappa shape index (κ1) is 15.0. The number of thiocarbonyl (C=S) groups is 1. The highest BCUT2D eigenvalue weighted by molar-refractivity contribution is 7.80. The van der Waals surface area contributed by atoms with Crippen molar-refractivity contribution < 1.29 is 0 Å². The standard InChI is InChI=1S/C14H20N4S2/c1-10-13(11(2)18(3)17-10)6-7-15-14(19)16-9-12-5-4-8-20-12/h4-5,8H,6-7,9H2,1-3H3,(H2,15,16,19). The third-order valence-electron chi connectivity index (χ3n) is 3.32. The van der Waals surface area contributed by atoms with Gasteiger partial charge in [0.05, 0.1) is 12.2 Å². The molecule has 0 aromatic carbocycles. The van der Waals surface area contributed by atoms with Gasteiger partial charge in [-0.2, -0.15) is 5.10 Å². The molecule has 2 heterocycles. The lowest BCUT2D eigenvalue weighted by molar-refractivity contribution is 0.729. The van der Waals surface area contributed by atoms with Crippen molar-refractivity contribution in [3.8, 4) is 0 Å². The SMILES string of the molecule is Cc1nn(C)c(C)c1CCNC(=S)NCc1cccs1. The number of aromatic nitrogens is 2. The van der Waals surface area contributed by atoms with Crippen LogP contribution in [-0.2, 0) is 20.0 Å². The molecule has 0 bridgehead atoms. The van der Waals surface area contributed by atoms with Crippen LogP contribution < -0.4 is 10.6 Å². The number of thiophene rings is 1. The smallest absolute Gasteiger partial charge is 0.166 e. The van der Waals surface area contributed by atoms with Crippen molar-refractivity contribution in [2.24, 2.45) is 7.05 Å². The molecule has 2 N–H and O–H groups in total. The highest BCUT2D eigenvalue weighted by Gasteiger charge is 2.08. The zero-order chi connectivity index (χ0) is 14.5. The van der Waals surface area contributed by atoms with Gasteiger partial charge in [0.2, 0.25) is 0 Å². The van der Waals surface area contributed by atoms with E-state index in [-0.39, 0.29) is 0 Å². The van der Waals surface area contributed by atoms with E-state index in [4.69, 9.17) is 12.2 Å². The van der Waals surface area contributed by atoms with E-state index in [2.05, 4.69) is 41.0 Å². The van der Waals surface area contributed by atoms with E-state index in [1.54, 1.807) is 11.3 Å². The Morgan fingerprint density at radius 1 is 1.40 bits per heavy atom. The van der Waals surface area contributed by atoms with Crippen molar-refractivity contribution in [2.75, 3.05) is 6.54 Å². The molecule has 0 radical (unpaired) electrons. The number of hydrogen-bond acceptors (Lipinski definition) is 3. The van der Waals surface area contributed by atoms with Crippen LogP contribution >= 0.6 is 23.6 Å². The van der Waals surface area contributed by atoms with Gasteiger partial charge in [-0.05, 0) is 49.5 Å². The Hall–Kier alpha value is -1.40. The third-order valence-corrected chi connectivity index (χ3v) is 4.49. The van der Waals surface area contributed by atoms with Crippen molar-refractivity contribution in [3.63, 3.8) is 0 Å². The van der Waals surface area contributed by atoms with Gasteiger partial charge in [0.1, 0.15) is 0 Å². The normalized spacial score (nSPS) is 10.6. The molecule has 2 aromatic rings. The summed E-state index contributed by atoms with van der Waals surface area (Å²) in [5.74, 6) is 0. The second kappa shape index (κ2) is 6.85. The largest absolute Gasteiger partial charge is 0.362 e. The fourth-order valence-corrected chi connectivity index (χ4v) is 2.94. The van der Waals surface area contributed by atoms with Gasteiger partial charge >= 0.3 is 0 Å². The number of aryl methyl sites for hydroxylation is 2. The molecular weight excluding hydrogens is 288 g/mol. The Bertz CT molecular complexity index is 572. The Morgan fingerprint density at radius 3 is 2.80 bits per heavy atom. The zero-order valence-electron chi connectivity index (χ0n) is 12.1. The average Bonchev–Trinajstić information content (AvgIpc) is 3.00. The van der Waals surface area contributed by atoms with Crippen LogP contribution in [0.25, 0.3) is 0 Å². The Morgan fingerprint density at radius 2 is 2.20 bits per heavy atom. The van der Waals surface area contributed by atoms with Gasteiger partial charge in [-0.25, -0.2) is 0 Å². The van der Waals surface area contributed by atoms with Crippen LogP contribution in [0.3, 0.4) is 0 Å². The number of hydrogen-bond donors (Lipinski definition) is 2. The molecule has 0 aliphatic heterocycles. The molecule has 0 aliphatic carbocycles. The summed E-state index contributed by atoms with van der Waals surface area (Å²) in [6.45, 7) is 5.76. The lowest BCUT2D eigenvalue weighted by atomic mass is 10.1. The maximum Gasteiger partial charge on any atom is 0.166 e. The molecular formula is C14H20N4S2. The first-order valence-electron chi connectivity index (χ1n) is 6.61. The molecule has 4 nitrogen and oxygen atoms in total. The van der Waals surface area contributed by atoms with Gasteiger partial charge in [-0.3, -0.25) is 4.68 Å². The van der Waals surface area contributed by atoms with Crippen molar-refractivity contribution in [1.82, 2.24) is 20.4 Å². The summed E-state index contributed by atoms with van der Waals surface area (Å²) in [4.78, 5) is 1.29. The highest BCUT2D eigenvalue weighted by Crippen LogP contribution is 2.11. The van der Waals surface area contributed by atoms with Crippen LogP contribution in [0, 0.1) is 13.8 Å². The monoisotopic (exact) mass is 308 g/mol. The first-order chi connectivity index (χ1) is 9.58. The van der Waals surface area contributed by atoms with Crippen LogP contribution in [0.15, 0.2) is 17.5 Å². The molecule has 0 atom stereocenters. The molecule has 6 heteroatoms. The van der Waals surface area contributed by atoms with Gasteiger partial charge in [0.25, 0.3) is 0 Å². The molecule has 0 unspecified atom stereocenters. The lowest BCUT2D eigenvalue weighted by Gasteiger charge is -2.10. The van der Waals surface area contributed by atoms with E-state index in [1.807, 2.05) is 17.8 Å². The van der Waals surface area contributed by atoms with E-state index in [1.165, 1.54) is 16.1 Å². The molecule has 0 aliphatic rings. The van der Waals surface area contributed by atoms with Crippen molar-refractivity contribution in [1.29, 1.82) is 0 Å². The average molecular weight is 308 g/mol. The van der Waals surface area contributed by atoms with E-state index in [0.717, 1.165) is 25.2 Å². The molecule has 108 valence electrons. The summed E-state index contributed by atoms with van der Waals surface area (Å²) >= 11 is 7.01. The van der Waals surface area contributed by atoms with Crippen LogP contribution in [0.4, 0.5) is 0 Å². The topological polar surface area (TPSA) is 41.9 Å². The Kier molecular flexibility index (Phi) is 5.14. The van der Waals surface area contributed by atoms with Gasteiger partial charge in [0.15, 0.2) is 5.11 Å². The van der Waals surface area contributed by atoms with Crippen LogP contribution in [0.5, 0.6) is 0 Å². The number of nitrogens with one attached hydrogen (secondary N) is 2. The second-order valence-corrected chi connectivity index (χ2v) is 6.15. The Labute approximate surface area is 129 Å².